The van der Waals surface area contributed by atoms with E-state index in [9.17, 15) is 57.5 Å². The van der Waals surface area contributed by atoms with E-state index < -0.39 is 104 Å². The van der Waals surface area contributed by atoms with Gasteiger partial charge in [0, 0.05) is 33.0 Å². The molecule has 17 aliphatic rings. The van der Waals surface area contributed by atoms with Crippen molar-refractivity contribution in [2.75, 3.05) is 0 Å². The van der Waals surface area contributed by atoms with Crippen molar-refractivity contribution in [3.63, 3.8) is 0 Å². The monoisotopic (exact) mass is 938 g/mol. The average Bonchev–Trinajstić information content (AvgIpc) is 3.96. The van der Waals surface area contributed by atoms with Gasteiger partial charge in [0.15, 0.2) is 0 Å². The predicted octanol–water partition coefficient (Wildman–Crippen LogP) is 3.52. The molecule has 348 valence electrons. The van der Waals surface area contributed by atoms with E-state index in [4.69, 9.17) is 0 Å². The van der Waals surface area contributed by atoms with Crippen molar-refractivity contribution < 1.29 is 19.2 Å². The van der Waals surface area contributed by atoms with Crippen LogP contribution < -0.4 is 44.5 Å². The summed E-state index contributed by atoms with van der Waals surface area (Å²) in [5.41, 5.74) is -5.99. The molecule has 14 aliphatic heterocycles. The lowest BCUT2D eigenvalue weighted by Crippen LogP contribution is -2.54. The van der Waals surface area contributed by atoms with Gasteiger partial charge in [0.1, 0.15) is 0 Å². The second-order valence-corrected chi connectivity index (χ2v) is 20.1. The molecule has 0 N–H and O–H groups in total. The van der Waals surface area contributed by atoms with Crippen LogP contribution in [0.4, 0.5) is 0 Å². The molecule has 0 saturated heterocycles. The largest absolute Gasteiger partial charge is 0.269 e. The van der Waals surface area contributed by atoms with Crippen LogP contribution >= 0.6 is 0 Å². The summed E-state index contributed by atoms with van der Waals surface area (Å²) in [5, 5.41) is -0.866. The zero-order valence-electron chi connectivity index (χ0n) is 37.2. The molecule has 4 amide bonds. The topological polar surface area (TPSA) is 231 Å². The van der Waals surface area contributed by atoms with Gasteiger partial charge in [0.05, 0.1) is 79.3 Å². The number of hydrogen-bond acceptors (Lipinski definition) is 12. The van der Waals surface area contributed by atoms with Gasteiger partial charge in [-0.15, -0.1) is 0 Å². The van der Waals surface area contributed by atoms with Crippen molar-refractivity contribution in [2.45, 2.75) is 113 Å². The minimum atomic E-state index is -1.00. The van der Waals surface area contributed by atoms with Gasteiger partial charge in [0.25, 0.3) is 68.1 Å². The summed E-state index contributed by atoms with van der Waals surface area (Å²) in [4.78, 5) is 178. The molecular weight excluding hydrogens is 901 g/mol. The number of amides is 4. The Labute approximate surface area is 390 Å². The van der Waals surface area contributed by atoms with E-state index >= 15 is 0 Å². The molecule has 70 heavy (non-hydrogen) atoms. The second-order valence-electron chi connectivity index (χ2n) is 20.1. The van der Waals surface area contributed by atoms with E-state index in [1.165, 1.54) is 48.5 Å². The maximum atomic E-state index is 14.8. The Morgan fingerprint density at radius 3 is 0.671 bits per heavy atom. The fraction of sp³-hybridized carbons (Fsp3) is 0.346. The second kappa shape index (κ2) is 13.8. The molecule has 18 nitrogen and oxygen atoms in total. The van der Waals surface area contributed by atoms with E-state index in [1.807, 2.05) is 0 Å². The molecule has 18 heteroatoms. The molecule has 0 radical (unpaired) electrons. The first-order chi connectivity index (χ1) is 33.8. The fourth-order valence-corrected chi connectivity index (χ4v) is 13.8. The van der Waals surface area contributed by atoms with E-state index in [-0.39, 0.29) is 115 Å². The highest BCUT2D eigenvalue weighted by molar-refractivity contribution is 6.33. The number of rotatable bonds is 0. The molecular formula is C52H38N6O12. The number of aromatic nitrogens is 4. The third kappa shape index (κ3) is 4.87. The molecule has 25 rings (SSSR count). The van der Waals surface area contributed by atoms with Gasteiger partial charge in [-0.05, 0) is 87.1 Å². The Morgan fingerprint density at radius 2 is 0.457 bits per heavy atom. The molecule has 4 aromatic carbocycles. The van der Waals surface area contributed by atoms with Crippen LogP contribution in [0.3, 0.4) is 0 Å². The quantitative estimate of drug-likeness (QED) is 0.199. The smallest absolute Gasteiger partial charge is 0.261 e. The Balaban J connectivity index is 1.04. The summed E-state index contributed by atoms with van der Waals surface area (Å²) >= 11 is 0. The maximum Gasteiger partial charge on any atom is 0.261 e. The Morgan fingerprint density at radius 1 is 0.271 bits per heavy atom. The highest BCUT2D eigenvalue weighted by Crippen LogP contribution is 2.44. The molecule has 0 unspecified atom stereocenters. The van der Waals surface area contributed by atoms with E-state index in [2.05, 4.69) is 0 Å². The van der Waals surface area contributed by atoms with Gasteiger partial charge in [-0.1, -0.05) is 38.5 Å². The molecule has 3 fully saturated rings. The lowest BCUT2D eigenvalue weighted by Gasteiger charge is -2.42. The van der Waals surface area contributed by atoms with Gasteiger partial charge in [0.2, 0.25) is 0 Å². The van der Waals surface area contributed by atoms with Gasteiger partial charge >= 0.3 is 0 Å². The first-order valence-corrected chi connectivity index (χ1v) is 24.0. The van der Waals surface area contributed by atoms with Crippen LogP contribution in [-0.4, -0.2) is 63.8 Å². The van der Waals surface area contributed by atoms with Crippen LogP contribution in [0.5, 0.6) is 0 Å². The van der Waals surface area contributed by atoms with Gasteiger partial charge in [-0.2, -0.15) is 0 Å². The van der Waals surface area contributed by atoms with Crippen molar-refractivity contribution >= 4 is 77.5 Å². The summed E-state index contributed by atoms with van der Waals surface area (Å²) in [6, 6.07) is 4.63. The standard InChI is InChI=1S/C52H38N6O12/c59-41-21-13-15-23-40-24-16-14-22(39(21)40)42(60)53(41)33-7-1-3-9-35(33)55-45(63)25-17-29-30(18-26(25)46(55)64)50(68)57(49(29)67)37-11-5-6-12-38(37)58-51(69)31-19-27-28(20-32(31)52(58)70)48(66)56(47(27)65)36-10-4-2-8-34(36)54(43(23)61)44(24)62/h13-20,33-38H,1-12H2/t33-,34-,35-,36-,37-,38-/m0/s1. The van der Waals surface area contributed by atoms with Crippen molar-refractivity contribution in [3.05, 3.63) is 154 Å². The SMILES string of the molecule is O=C1c2ccc3c4c5ccc(c24)C(=O)N1[C@H]1CCCC[C@@H]1n1c(=O)c2cc4c(=O)n(c(=O)c4cc2c1=O)[C@H]1CCCC[C@@H]1n1c(=O)c2cc4c(=O)n(c(=O)c4cc2c1=O)[C@H]1CCCC[C@@H]1N(C3=O)C5=O. The van der Waals surface area contributed by atoms with E-state index in [0.29, 0.717) is 38.5 Å². The Kier molecular flexibility index (Phi) is 8.10. The van der Waals surface area contributed by atoms with Crippen LogP contribution in [-0.2, 0) is 0 Å². The lowest BCUT2D eigenvalue weighted by molar-refractivity contribution is 0.0411. The van der Waals surface area contributed by atoms with Crippen molar-refractivity contribution in [1.29, 1.82) is 0 Å². The van der Waals surface area contributed by atoms with Crippen LogP contribution in [0.2, 0.25) is 0 Å². The fourth-order valence-electron chi connectivity index (χ4n) is 13.8. The lowest BCUT2D eigenvalue weighted by atomic mass is 9.82. The van der Waals surface area contributed by atoms with Crippen LogP contribution in [0.15, 0.2) is 86.9 Å². The minimum absolute atomic E-state index is 0.0378. The van der Waals surface area contributed by atoms with Gasteiger partial charge < -0.3 is 0 Å². The average molecular weight is 939 g/mol. The zero-order valence-corrected chi connectivity index (χ0v) is 37.2. The third-order valence-electron chi connectivity index (χ3n) is 16.9. The Hall–Kier alpha value is -8.02. The minimum Gasteiger partial charge on any atom is -0.269 e. The summed E-state index contributed by atoms with van der Waals surface area (Å²) in [7, 11) is 0. The van der Waals surface area contributed by atoms with Gasteiger partial charge in [-0.25, -0.2) is 0 Å². The molecule has 4 aromatic heterocycles. The number of nitrogens with zero attached hydrogens (tertiary/aromatic N) is 6. The number of benzene rings is 4. The summed E-state index contributed by atoms with van der Waals surface area (Å²) < 4.78 is 4.06. The molecule has 3 aliphatic carbocycles. The van der Waals surface area contributed by atoms with Crippen molar-refractivity contribution in [3.8, 4) is 0 Å². The number of imide groups is 2. The maximum absolute atomic E-state index is 14.8. The van der Waals surface area contributed by atoms with Crippen molar-refractivity contribution in [2.24, 2.45) is 0 Å². The predicted molar refractivity (Wildman–Crippen MR) is 254 cm³/mol. The Bertz CT molecular complexity index is 3820. The highest BCUT2D eigenvalue weighted by atomic mass is 16.2. The van der Waals surface area contributed by atoms with Crippen LogP contribution in [0.25, 0.3) is 53.9 Å². The van der Waals surface area contributed by atoms with E-state index in [1.54, 1.807) is 0 Å². The van der Waals surface area contributed by atoms with E-state index in [0.717, 1.165) is 28.1 Å². The number of hydrogen-bond donors (Lipinski definition) is 0. The highest BCUT2D eigenvalue weighted by Gasteiger charge is 2.48. The molecule has 6 atom stereocenters. The normalized spacial score (nSPS) is 24.4. The molecule has 8 aromatic rings. The first-order valence-electron chi connectivity index (χ1n) is 24.0. The molecule has 3 saturated carbocycles. The molecule has 20 bridgehead atoms. The summed E-state index contributed by atoms with van der Waals surface area (Å²) in [6.07, 6.45) is 4.66. The first kappa shape index (κ1) is 41.0. The molecule has 0 spiro atoms. The third-order valence-corrected chi connectivity index (χ3v) is 16.9. The van der Waals surface area contributed by atoms with Gasteiger partial charge in [-0.3, -0.25) is 85.6 Å². The number of carbonyl (C=O) groups is 4. The summed E-state index contributed by atoms with van der Waals surface area (Å²) in [5.74, 6) is -2.94. The molecule has 18 heterocycles. The summed E-state index contributed by atoms with van der Waals surface area (Å²) in [6.45, 7) is 0. The number of carbonyl (C=O) groups excluding carboxylic acids is 4. The van der Waals surface area contributed by atoms with Crippen LogP contribution in [0.1, 0.15) is 143 Å². The van der Waals surface area contributed by atoms with Crippen molar-refractivity contribution in [1.82, 2.24) is 28.1 Å². The van der Waals surface area contributed by atoms with Crippen LogP contribution in [0, 0.1) is 0 Å². The zero-order chi connectivity index (χ0) is 48.1.